The van der Waals surface area contributed by atoms with Crippen molar-refractivity contribution in [2.45, 2.75) is 19.3 Å². The van der Waals surface area contributed by atoms with Gasteiger partial charge in [-0.15, -0.1) is 0 Å². The number of esters is 2. The molecule has 6 nitrogen and oxygen atoms in total. The first-order valence-corrected chi connectivity index (χ1v) is 8.33. The maximum Gasteiger partial charge on any atom is 0.344 e. The number of methoxy groups -OCH3 is 2. The van der Waals surface area contributed by atoms with E-state index in [1.165, 1.54) is 20.6 Å². The molecule has 1 aromatic rings. The SMILES string of the molecule is COC(=O)c1c(N2CCCCC2)np(C)c1C(=O)OC. The van der Waals surface area contributed by atoms with Crippen molar-refractivity contribution in [1.29, 1.82) is 0 Å². The molecule has 0 saturated carbocycles. The second-order valence-electron chi connectivity index (χ2n) is 4.70. The standard InChI is InChI=1S/C13H19N2O4P/c1-18-12(16)9-10(13(17)19-2)20(3)14-11(9)15-7-5-4-6-8-15/h4-8H2,1-3H3. The van der Waals surface area contributed by atoms with E-state index in [1.807, 2.05) is 6.66 Å². The number of piperidine rings is 1. The topological polar surface area (TPSA) is 68.7 Å². The molecule has 0 amide bonds. The van der Waals surface area contributed by atoms with E-state index >= 15 is 0 Å². The quantitative estimate of drug-likeness (QED) is 0.797. The van der Waals surface area contributed by atoms with Crippen molar-refractivity contribution in [2.24, 2.45) is 6.66 Å². The van der Waals surface area contributed by atoms with Crippen LogP contribution in [-0.4, -0.2) is 44.0 Å². The minimum Gasteiger partial charge on any atom is -0.465 e. The van der Waals surface area contributed by atoms with E-state index in [4.69, 9.17) is 9.47 Å². The first-order valence-electron chi connectivity index (χ1n) is 6.58. The molecule has 1 atom stereocenters. The number of carbonyl (C=O) groups is 2. The van der Waals surface area contributed by atoms with E-state index in [9.17, 15) is 9.59 Å². The van der Waals surface area contributed by atoms with E-state index in [0.29, 0.717) is 11.1 Å². The molecule has 0 radical (unpaired) electrons. The van der Waals surface area contributed by atoms with Crippen molar-refractivity contribution in [3.63, 3.8) is 0 Å². The van der Waals surface area contributed by atoms with Gasteiger partial charge in [0.1, 0.15) is 16.7 Å². The van der Waals surface area contributed by atoms with Gasteiger partial charge in [-0.3, -0.25) is 0 Å². The lowest BCUT2D eigenvalue weighted by Gasteiger charge is -2.27. The fourth-order valence-corrected chi connectivity index (χ4v) is 3.94. The van der Waals surface area contributed by atoms with Crippen LogP contribution < -0.4 is 4.90 Å². The molecule has 0 bridgehead atoms. The van der Waals surface area contributed by atoms with Crippen molar-refractivity contribution in [3.05, 3.63) is 10.9 Å². The predicted molar refractivity (Wildman–Crippen MR) is 76.7 cm³/mol. The van der Waals surface area contributed by atoms with E-state index in [-0.39, 0.29) is 5.56 Å². The highest BCUT2D eigenvalue weighted by Crippen LogP contribution is 2.39. The molecule has 0 N–H and O–H groups in total. The summed E-state index contributed by atoms with van der Waals surface area (Å²) in [5.41, 5.74) is 0.287. The molecule has 1 aliphatic heterocycles. The van der Waals surface area contributed by atoms with Crippen molar-refractivity contribution in [2.75, 3.05) is 32.2 Å². The van der Waals surface area contributed by atoms with Crippen LogP contribution in [0.25, 0.3) is 0 Å². The first kappa shape index (κ1) is 14.9. The van der Waals surface area contributed by atoms with E-state index in [2.05, 4.69) is 9.65 Å². The van der Waals surface area contributed by atoms with Crippen LogP contribution in [-0.2, 0) is 16.1 Å². The van der Waals surface area contributed by atoms with Gasteiger partial charge in [0.2, 0.25) is 0 Å². The molecule has 0 aliphatic carbocycles. The van der Waals surface area contributed by atoms with Gasteiger partial charge in [0, 0.05) is 13.1 Å². The van der Waals surface area contributed by atoms with Crippen LogP contribution in [0.15, 0.2) is 0 Å². The largest absolute Gasteiger partial charge is 0.465 e. The summed E-state index contributed by atoms with van der Waals surface area (Å²) in [4.78, 5) is 26.1. The summed E-state index contributed by atoms with van der Waals surface area (Å²) in [7, 11) is 1.56. The molecule has 1 unspecified atom stereocenters. The molecule has 1 saturated heterocycles. The van der Waals surface area contributed by atoms with Gasteiger partial charge in [0.15, 0.2) is 0 Å². The molecule has 2 heterocycles. The summed E-state index contributed by atoms with van der Waals surface area (Å²) in [6.45, 7) is 3.56. The number of anilines is 1. The number of ether oxygens (including phenoxy) is 2. The highest BCUT2D eigenvalue weighted by molar-refractivity contribution is 7.46. The number of hydrogen-bond acceptors (Lipinski definition) is 6. The third kappa shape index (κ3) is 2.66. The van der Waals surface area contributed by atoms with E-state index in [1.54, 1.807) is 0 Å². The minimum absolute atomic E-state index is 0.287. The lowest BCUT2D eigenvalue weighted by Crippen LogP contribution is -2.31. The number of carbonyl (C=O) groups excluding carboxylic acids is 2. The van der Waals surface area contributed by atoms with Crippen LogP contribution in [0.5, 0.6) is 0 Å². The van der Waals surface area contributed by atoms with Crippen LogP contribution in [0, 0.1) is 0 Å². The summed E-state index contributed by atoms with van der Waals surface area (Å²) < 4.78 is 14.2. The van der Waals surface area contributed by atoms with Crippen molar-refractivity contribution in [1.82, 2.24) is 4.75 Å². The summed E-state index contributed by atoms with van der Waals surface area (Å²) in [6.07, 6.45) is 3.33. The van der Waals surface area contributed by atoms with Gasteiger partial charge >= 0.3 is 11.9 Å². The Morgan fingerprint density at radius 1 is 1.10 bits per heavy atom. The molecule has 20 heavy (non-hydrogen) atoms. The first-order chi connectivity index (χ1) is 9.60. The second-order valence-corrected chi connectivity index (χ2v) is 6.40. The Hall–Kier alpha value is -1.55. The molecule has 110 valence electrons. The van der Waals surface area contributed by atoms with Crippen LogP contribution >= 0.6 is 7.69 Å². The lowest BCUT2D eigenvalue weighted by molar-refractivity contribution is 0.0560. The Morgan fingerprint density at radius 3 is 2.25 bits per heavy atom. The normalized spacial score (nSPS) is 15.9. The molecule has 0 spiro atoms. The van der Waals surface area contributed by atoms with Crippen LogP contribution in [0.2, 0.25) is 0 Å². The Kier molecular flexibility index (Phi) is 4.65. The van der Waals surface area contributed by atoms with Crippen LogP contribution in [0.1, 0.15) is 39.7 Å². The van der Waals surface area contributed by atoms with Gasteiger partial charge in [-0.05, 0) is 33.6 Å². The Balaban J connectivity index is 2.50. The average molecular weight is 298 g/mol. The zero-order valence-corrected chi connectivity index (χ0v) is 12.9. The zero-order chi connectivity index (χ0) is 14.7. The number of nitrogens with zero attached hydrogens (tertiary/aromatic N) is 2. The van der Waals surface area contributed by atoms with Crippen molar-refractivity contribution < 1.29 is 19.1 Å². The number of hydrogen-bond donors (Lipinski definition) is 0. The molecule has 1 fully saturated rings. The Morgan fingerprint density at radius 2 is 1.70 bits per heavy atom. The average Bonchev–Trinajstić information content (AvgIpc) is 2.84. The maximum atomic E-state index is 12.1. The van der Waals surface area contributed by atoms with Gasteiger partial charge in [-0.25, -0.2) is 14.3 Å². The van der Waals surface area contributed by atoms with E-state index in [0.717, 1.165) is 25.9 Å². The number of aromatic nitrogens is 1. The third-order valence-corrected chi connectivity index (χ3v) is 5.00. The second kappa shape index (κ2) is 6.27. The summed E-state index contributed by atoms with van der Waals surface area (Å²) >= 11 is 0. The molecule has 0 aromatic carbocycles. The van der Waals surface area contributed by atoms with Crippen molar-refractivity contribution >= 4 is 25.4 Å². The molecule has 7 heteroatoms. The number of rotatable bonds is 3. The van der Waals surface area contributed by atoms with Crippen molar-refractivity contribution in [3.8, 4) is 0 Å². The summed E-state index contributed by atoms with van der Waals surface area (Å²) in [5, 5.41) is 0.356. The van der Waals surface area contributed by atoms with Crippen LogP contribution in [0.4, 0.5) is 5.82 Å². The molecule has 2 rings (SSSR count). The van der Waals surface area contributed by atoms with Gasteiger partial charge in [-0.2, -0.15) is 0 Å². The molecular formula is C13H19N2O4P. The molecular weight excluding hydrogens is 279 g/mol. The summed E-state index contributed by atoms with van der Waals surface area (Å²) in [5.74, 6) is -0.401. The van der Waals surface area contributed by atoms with Gasteiger partial charge in [0.25, 0.3) is 0 Å². The maximum absolute atomic E-state index is 12.1. The molecule has 1 aliphatic rings. The molecule has 1 aromatic heterocycles. The minimum atomic E-state index is -1.06. The predicted octanol–water partition coefficient (Wildman–Crippen LogP) is 2.17. The Bertz CT molecular complexity index is 521. The summed E-state index contributed by atoms with van der Waals surface area (Å²) in [6, 6.07) is 0. The highest BCUT2D eigenvalue weighted by atomic mass is 31.1. The van der Waals surface area contributed by atoms with Gasteiger partial charge in [-0.1, -0.05) is 0 Å². The number of aryl methyl sites for hydroxylation is 1. The smallest absolute Gasteiger partial charge is 0.344 e. The van der Waals surface area contributed by atoms with E-state index < -0.39 is 19.6 Å². The highest BCUT2D eigenvalue weighted by Gasteiger charge is 2.31. The Labute approximate surface area is 119 Å². The third-order valence-electron chi connectivity index (χ3n) is 3.45. The van der Waals surface area contributed by atoms with Gasteiger partial charge < -0.3 is 14.4 Å². The fraction of sp³-hybridized carbons (Fsp3) is 0.615. The van der Waals surface area contributed by atoms with Gasteiger partial charge in [0.05, 0.1) is 14.2 Å². The monoisotopic (exact) mass is 298 g/mol. The lowest BCUT2D eigenvalue weighted by atomic mass is 10.1. The fourth-order valence-electron chi connectivity index (χ4n) is 2.46. The van der Waals surface area contributed by atoms with Crippen LogP contribution in [0.3, 0.4) is 0 Å². The zero-order valence-electron chi connectivity index (χ0n) is 12.0.